The van der Waals surface area contributed by atoms with E-state index in [1.54, 1.807) is 12.1 Å². The monoisotopic (exact) mass is 484 g/mol. The van der Waals surface area contributed by atoms with E-state index in [2.05, 4.69) is 6.58 Å². The second-order valence-electron chi connectivity index (χ2n) is 9.01. The number of hydrogen-bond acceptors (Lipinski definition) is 10. The van der Waals surface area contributed by atoms with Crippen molar-refractivity contribution < 1.29 is 49.3 Å². The van der Waals surface area contributed by atoms with E-state index in [0.717, 1.165) is 12.1 Å². The molecule has 2 heterocycles. The number of ketones is 2. The first kappa shape index (κ1) is 23.2. The first-order valence-corrected chi connectivity index (χ1v) is 11.0. The van der Waals surface area contributed by atoms with Gasteiger partial charge in [0, 0.05) is 29.9 Å². The maximum Gasteiger partial charge on any atom is 0.234 e. The molecular weight excluding hydrogens is 460 g/mol. The number of phenolic OH excluding ortho intramolecular Hbond substituents is 3. The minimum atomic E-state index is -2.37. The van der Waals surface area contributed by atoms with Gasteiger partial charge in [-0.2, -0.15) is 0 Å². The van der Waals surface area contributed by atoms with Crippen LogP contribution < -0.4 is 9.47 Å². The van der Waals surface area contributed by atoms with Crippen LogP contribution in [0.3, 0.4) is 0 Å². The average molecular weight is 484 g/mol. The molecule has 2 aromatic carbocycles. The van der Waals surface area contributed by atoms with Gasteiger partial charge in [0.15, 0.2) is 23.4 Å². The van der Waals surface area contributed by atoms with Crippen molar-refractivity contribution in [3.05, 3.63) is 54.1 Å². The number of fused-ring (bicyclic) bond motifs is 3. The third-order valence-corrected chi connectivity index (χ3v) is 7.26. The molecule has 5 N–H and O–H groups in total. The highest BCUT2D eigenvalue weighted by Crippen LogP contribution is 2.56. The lowest BCUT2D eigenvalue weighted by Gasteiger charge is -2.46. The maximum absolute atomic E-state index is 13.5. The minimum absolute atomic E-state index is 0.0932. The number of carbonyl (C=O) groups is 2. The van der Waals surface area contributed by atoms with Gasteiger partial charge in [-0.15, -0.1) is 6.58 Å². The van der Waals surface area contributed by atoms with Crippen LogP contribution in [0.15, 0.2) is 43.0 Å². The largest absolute Gasteiger partial charge is 0.508 e. The fourth-order valence-electron chi connectivity index (χ4n) is 5.73. The van der Waals surface area contributed by atoms with Gasteiger partial charge in [-0.25, -0.2) is 0 Å². The number of ether oxygens (including phenoxy) is 3. The van der Waals surface area contributed by atoms with Crippen molar-refractivity contribution in [1.29, 1.82) is 0 Å². The van der Waals surface area contributed by atoms with Crippen molar-refractivity contribution >= 4 is 11.6 Å². The first-order valence-electron chi connectivity index (χ1n) is 11.0. The molecule has 0 spiro atoms. The normalized spacial score (nSPS) is 33.7. The molecule has 5 rings (SSSR count). The van der Waals surface area contributed by atoms with E-state index in [1.807, 2.05) is 0 Å². The molecule has 1 aliphatic carbocycles. The molecule has 2 aromatic rings. The number of benzene rings is 2. The number of Topliss-reactive ketones (excluding diaryl/α,β-unsaturated/α-hetero) is 2. The van der Waals surface area contributed by atoms with Crippen LogP contribution in [0.2, 0.25) is 0 Å². The number of phenols is 3. The van der Waals surface area contributed by atoms with E-state index in [0.29, 0.717) is 5.56 Å². The molecular formula is C25H24O10. The smallest absolute Gasteiger partial charge is 0.234 e. The Morgan fingerprint density at radius 1 is 1.14 bits per heavy atom. The number of methoxy groups -OCH3 is 1. The molecule has 10 nitrogen and oxygen atoms in total. The highest BCUT2D eigenvalue weighted by Gasteiger charge is 2.68. The summed E-state index contributed by atoms with van der Waals surface area (Å²) in [7, 11) is 1.39. The lowest BCUT2D eigenvalue weighted by molar-refractivity contribution is -0.220. The summed E-state index contributed by atoms with van der Waals surface area (Å²) in [6, 6.07) is 6.65. The van der Waals surface area contributed by atoms with Crippen LogP contribution in [0.25, 0.3) is 0 Å². The summed E-state index contributed by atoms with van der Waals surface area (Å²) in [5.41, 5.74) is 0.283. The second-order valence-corrected chi connectivity index (χ2v) is 9.01. The highest BCUT2D eigenvalue weighted by molar-refractivity contribution is 6.05. The number of carbonyl (C=O) groups excluding carboxylic acids is 2. The Kier molecular flexibility index (Phi) is 5.28. The average Bonchev–Trinajstić information content (AvgIpc) is 3.11. The molecule has 1 saturated carbocycles. The molecule has 184 valence electrons. The predicted octanol–water partition coefficient (Wildman–Crippen LogP) is 1.24. The van der Waals surface area contributed by atoms with Crippen molar-refractivity contribution in [2.75, 3.05) is 13.7 Å². The van der Waals surface area contributed by atoms with Crippen molar-refractivity contribution in [2.24, 2.45) is 17.8 Å². The fraction of sp³-hybridized carbons (Fsp3) is 0.360. The van der Waals surface area contributed by atoms with Crippen LogP contribution >= 0.6 is 0 Å². The van der Waals surface area contributed by atoms with Crippen molar-refractivity contribution in [2.45, 2.75) is 23.9 Å². The van der Waals surface area contributed by atoms with E-state index in [9.17, 15) is 35.1 Å². The van der Waals surface area contributed by atoms with Crippen LogP contribution in [0.1, 0.15) is 21.8 Å². The van der Waals surface area contributed by atoms with E-state index < -0.39 is 59.0 Å². The summed E-state index contributed by atoms with van der Waals surface area (Å²) in [5, 5.41) is 52.3. The van der Waals surface area contributed by atoms with E-state index in [1.165, 1.54) is 19.3 Å². The van der Waals surface area contributed by atoms with Crippen LogP contribution in [0.4, 0.5) is 0 Å². The maximum atomic E-state index is 13.5. The van der Waals surface area contributed by atoms with Crippen LogP contribution in [-0.2, 0) is 9.53 Å². The zero-order valence-corrected chi connectivity index (χ0v) is 18.6. The molecule has 0 aromatic heterocycles. The summed E-state index contributed by atoms with van der Waals surface area (Å²) in [5.74, 6) is -8.33. The summed E-state index contributed by atoms with van der Waals surface area (Å²) in [6.45, 7) is 3.66. The number of rotatable bonds is 4. The van der Waals surface area contributed by atoms with Gasteiger partial charge < -0.3 is 39.7 Å². The topological polar surface area (TPSA) is 163 Å². The molecule has 35 heavy (non-hydrogen) atoms. The van der Waals surface area contributed by atoms with E-state index >= 15 is 0 Å². The van der Waals surface area contributed by atoms with Crippen LogP contribution in [-0.4, -0.2) is 68.8 Å². The van der Waals surface area contributed by atoms with Crippen molar-refractivity contribution in [3.63, 3.8) is 0 Å². The molecule has 10 heteroatoms. The third-order valence-electron chi connectivity index (χ3n) is 7.26. The Balaban J connectivity index is 1.62. The molecule has 1 saturated heterocycles. The van der Waals surface area contributed by atoms with Gasteiger partial charge in [0.1, 0.15) is 28.9 Å². The van der Waals surface area contributed by atoms with E-state index in [4.69, 9.17) is 14.2 Å². The molecule has 2 fully saturated rings. The lowest BCUT2D eigenvalue weighted by Crippen LogP contribution is -2.62. The molecule has 7 atom stereocenters. The Hall–Kier alpha value is -3.60. The SMILES string of the molecule is C=CC1C(=O)C2(O)OCC(C1c1ccc(O)c(OC)c1)C2C1Oc2cc(O)cc(O)c2C(=O)C1O. The lowest BCUT2D eigenvalue weighted by atomic mass is 9.60. The van der Waals surface area contributed by atoms with Crippen molar-refractivity contribution in [3.8, 4) is 28.7 Å². The van der Waals surface area contributed by atoms with Gasteiger partial charge in [0.2, 0.25) is 11.6 Å². The second kappa shape index (κ2) is 7.98. The fourth-order valence-corrected chi connectivity index (χ4v) is 5.73. The van der Waals surface area contributed by atoms with Crippen LogP contribution in [0.5, 0.6) is 28.7 Å². The zero-order valence-electron chi connectivity index (χ0n) is 18.6. The third kappa shape index (κ3) is 3.21. The Bertz CT molecular complexity index is 1240. The predicted molar refractivity (Wildman–Crippen MR) is 119 cm³/mol. The minimum Gasteiger partial charge on any atom is -0.508 e. The molecule has 2 bridgehead atoms. The van der Waals surface area contributed by atoms with Gasteiger partial charge in [0.05, 0.1) is 19.6 Å². The number of hydrogen-bond donors (Lipinski definition) is 5. The summed E-state index contributed by atoms with van der Waals surface area (Å²) < 4.78 is 16.7. The zero-order chi connectivity index (χ0) is 25.2. The Morgan fingerprint density at radius 2 is 1.89 bits per heavy atom. The molecule has 7 unspecified atom stereocenters. The van der Waals surface area contributed by atoms with Gasteiger partial charge in [0.25, 0.3) is 0 Å². The summed E-state index contributed by atoms with van der Waals surface area (Å²) in [4.78, 5) is 26.5. The van der Waals surface area contributed by atoms with E-state index in [-0.39, 0.29) is 35.2 Å². The standard InChI is InChI=1S/C25H24O10/c1-3-12-18(10-4-5-14(27)16(6-10)33-2)13-9-34-25(32,24(12)31)20(13)23-22(30)21(29)19-15(28)7-11(26)8-17(19)35-23/h3-8,12-13,18,20,22-23,26-28,30,32H,1,9H2,2H3. The van der Waals surface area contributed by atoms with Crippen LogP contribution in [0, 0.1) is 17.8 Å². The highest BCUT2D eigenvalue weighted by atomic mass is 16.6. The van der Waals surface area contributed by atoms with Gasteiger partial charge in [-0.1, -0.05) is 12.1 Å². The summed E-state index contributed by atoms with van der Waals surface area (Å²) in [6.07, 6.45) is -1.85. The molecule has 3 aliphatic rings. The van der Waals surface area contributed by atoms with Gasteiger partial charge in [-0.3, -0.25) is 9.59 Å². The summed E-state index contributed by atoms with van der Waals surface area (Å²) >= 11 is 0. The van der Waals surface area contributed by atoms with Crippen molar-refractivity contribution in [1.82, 2.24) is 0 Å². The first-order chi connectivity index (χ1) is 16.6. The number of aliphatic hydroxyl groups excluding tert-OH is 1. The molecule has 2 aliphatic heterocycles. The Labute approximate surface area is 199 Å². The van der Waals surface area contributed by atoms with Gasteiger partial charge in [-0.05, 0) is 17.7 Å². The number of aliphatic hydroxyl groups is 2. The molecule has 0 radical (unpaired) electrons. The quantitative estimate of drug-likeness (QED) is 0.399. The number of allylic oxidation sites excluding steroid dienone is 1. The molecule has 0 amide bonds. The van der Waals surface area contributed by atoms with Gasteiger partial charge >= 0.3 is 0 Å². The number of aromatic hydroxyl groups is 3. The Morgan fingerprint density at radius 3 is 2.57 bits per heavy atom.